The van der Waals surface area contributed by atoms with Gasteiger partial charge in [-0.15, -0.1) is 16.9 Å². The number of aromatic nitrogens is 2. The second kappa shape index (κ2) is 6.53. The highest BCUT2D eigenvalue weighted by molar-refractivity contribution is 7.99. The molecule has 18 heavy (non-hydrogen) atoms. The minimum atomic E-state index is 0.584. The average molecular weight is 265 g/mol. The van der Waals surface area contributed by atoms with Gasteiger partial charge in [0, 0.05) is 17.4 Å². The maximum atomic E-state index is 5.94. The van der Waals surface area contributed by atoms with E-state index in [1.807, 2.05) is 11.8 Å². The van der Waals surface area contributed by atoms with Crippen molar-refractivity contribution in [3.05, 3.63) is 16.8 Å². The van der Waals surface area contributed by atoms with Crippen molar-refractivity contribution in [1.29, 1.82) is 0 Å². The molecule has 0 aliphatic heterocycles. The van der Waals surface area contributed by atoms with E-state index in [-0.39, 0.29) is 0 Å². The van der Waals surface area contributed by atoms with Crippen LogP contribution in [-0.4, -0.2) is 15.4 Å². The Kier molecular flexibility index (Phi) is 5.01. The maximum absolute atomic E-state index is 5.94. The monoisotopic (exact) mass is 265 g/mol. The molecule has 0 radical (unpaired) electrons. The van der Waals surface area contributed by atoms with Crippen LogP contribution in [0.5, 0.6) is 0 Å². The molecule has 3 nitrogen and oxygen atoms in total. The fourth-order valence-electron chi connectivity index (χ4n) is 2.70. The van der Waals surface area contributed by atoms with Crippen molar-refractivity contribution in [2.75, 3.05) is 0 Å². The SMILES string of the molecule is CCc1nnc(SC2CCCC2)c(CN)c1CC. The first-order chi connectivity index (χ1) is 8.80. The van der Waals surface area contributed by atoms with Crippen LogP contribution >= 0.6 is 11.8 Å². The summed E-state index contributed by atoms with van der Waals surface area (Å²) in [4.78, 5) is 0. The molecule has 0 atom stereocenters. The van der Waals surface area contributed by atoms with Crippen LogP contribution in [0.3, 0.4) is 0 Å². The Balaban J connectivity index is 2.28. The van der Waals surface area contributed by atoms with E-state index in [9.17, 15) is 0 Å². The molecule has 1 saturated carbocycles. The zero-order chi connectivity index (χ0) is 13.0. The molecule has 100 valence electrons. The summed E-state index contributed by atoms with van der Waals surface area (Å²) in [7, 11) is 0. The molecule has 1 heterocycles. The fourth-order valence-corrected chi connectivity index (χ4v) is 4.02. The third-order valence-corrected chi connectivity index (χ3v) is 5.06. The number of nitrogens with zero attached hydrogens (tertiary/aromatic N) is 2. The van der Waals surface area contributed by atoms with Gasteiger partial charge < -0.3 is 5.73 Å². The molecule has 0 unspecified atom stereocenters. The molecule has 0 saturated heterocycles. The van der Waals surface area contributed by atoms with Gasteiger partial charge in [-0.1, -0.05) is 26.7 Å². The third-order valence-electron chi connectivity index (χ3n) is 3.71. The molecule has 2 N–H and O–H groups in total. The molecule has 1 aromatic rings. The first kappa shape index (κ1) is 13.8. The lowest BCUT2D eigenvalue weighted by Gasteiger charge is -2.15. The van der Waals surface area contributed by atoms with Gasteiger partial charge in [-0.05, 0) is 31.2 Å². The standard InChI is InChI=1S/C14H23N3S/c1-3-11-12(9-15)14(17-16-13(11)4-2)18-10-7-5-6-8-10/h10H,3-9,15H2,1-2H3. The second-order valence-electron chi connectivity index (χ2n) is 4.84. The van der Waals surface area contributed by atoms with Crippen LogP contribution in [0.1, 0.15) is 56.4 Å². The van der Waals surface area contributed by atoms with Gasteiger partial charge >= 0.3 is 0 Å². The largest absolute Gasteiger partial charge is 0.326 e. The molecule has 0 amide bonds. The Hall–Kier alpha value is -0.610. The molecule has 1 aliphatic carbocycles. The van der Waals surface area contributed by atoms with Crippen molar-refractivity contribution in [2.45, 2.75) is 69.2 Å². The van der Waals surface area contributed by atoms with Gasteiger partial charge in [0.25, 0.3) is 0 Å². The van der Waals surface area contributed by atoms with Crippen molar-refractivity contribution in [3.63, 3.8) is 0 Å². The zero-order valence-corrected chi connectivity index (χ0v) is 12.2. The summed E-state index contributed by atoms with van der Waals surface area (Å²) < 4.78 is 0. The molecule has 4 heteroatoms. The van der Waals surface area contributed by atoms with Crippen LogP contribution in [0.4, 0.5) is 0 Å². The van der Waals surface area contributed by atoms with Gasteiger partial charge in [0.2, 0.25) is 0 Å². The summed E-state index contributed by atoms with van der Waals surface area (Å²) in [6, 6.07) is 0. The summed E-state index contributed by atoms with van der Waals surface area (Å²) >= 11 is 1.90. The summed E-state index contributed by atoms with van der Waals surface area (Å²) in [5, 5.41) is 10.6. The number of nitrogens with two attached hydrogens (primary N) is 1. The summed E-state index contributed by atoms with van der Waals surface area (Å²) in [5.74, 6) is 0. The Labute approximate surface area is 114 Å². The predicted octanol–water partition coefficient (Wildman–Crippen LogP) is 3.09. The number of rotatable bonds is 5. The predicted molar refractivity (Wildman–Crippen MR) is 76.8 cm³/mol. The Bertz CT molecular complexity index is 400. The first-order valence-electron chi connectivity index (χ1n) is 7.04. The summed E-state index contributed by atoms with van der Waals surface area (Å²) in [5.41, 5.74) is 9.63. The van der Waals surface area contributed by atoms with Crippen LogP contribution in [0, 0.1) is 0 Å². The zero-order valence-electron chi connectivity index (χ0n) is 11.4. The molecule has 0 spiro atoms. The normalized spacial score (nSPS) is 16.4. The van der Waals surface area contributed by atoms with Crippen molar-refractivity contribution >= 4 is 11.8 Å². The molecule has 0 aromatic carbocycles. The Morgan fingerprint density at radius 2 is 1.83 bits per heavy atom. The maximum Gasteiger partial charge on any atom is 0.124 e. The molecule has 1 fully saturated rings. The van der Waals surface area contributed by atoms with Crippen LogP contribution < -0.4 is 5.73 Å². The van der Waals surface area contributed by atoms with Crippen molar-refractivity contribution in [3.8, 4) is 0 Å². The lowest BCUT2D eigenvalue weighted by molar-refractivity contribution is 0.776. The molecule has 0 bridgehead atoms. The smallest absolute Gasteiger partial charge is 0.124 e. The molecule has 1 aromatic heterocycles. The Morgan fingerprint density at radius 1 is 1.11 bits per heavy atom. The van der Waals surface area contributed by atoms with Gasteiger partial charge in [0.05, 0.1) is 5.69 Å². The van der Waals surface area contributed by atoms with Crippen LogP contribution in [0.2, 0.25) is 0 Å². The lowest BCUT2D eigenvalue weighted by atomic mass is 10.0. The first-order valence-corrected chi connectivity index (χ1v) is 7.92. The van der Waals surface area contributed by atoms with Gasteiger partial charge in [-0.3, -0.25) is 0 Å². The minimum absolute atomic E-state index is 0.584. The van der Waals surface area contributed by atoms with Gasteiger partial charge in [0.15, 0.2) is 0 Å². The topological polar surface area (TPSA) is 51.8 Å². The van der Waals surface area contributed by atoms with E-state index in [1.165, 1.54) is 36.8 Å². The number of thioether (sulfide) groups is 1. The van der Waals surface area contributed by atoms with Crippen LogP contribution in [0.25, 0.3) is 0 Å². The molecule has 1 aliphatic rings. The Morgan fingerprint density at radius 3 is 2.39 bits per heavy atom. The molecule has 2 rings (SSSR count). The highest BCUT2D eigenvalue weighted by atomic mass is 32.2. The number of hydrogen-bond acceptors (Lipinski definition) is 4. The quantitative estimate of drug-likeness (QED) is 0.889. The average Bonchev–Trinajstić information content (AvgIpc) is 2.90. The van der Waals surface area contributed by atoms with Crippen molar-refractivity contribution in [1.82, 2.24) is 10.2 Å². The number of hydrogen-bond donors (Lipinski definition) is 1. The van der Waals surface area contributed by atoms with E-state index in [2.05, 4.69) is 24.0 Å². The molecular weight excluding hydrogens is 242 g/mol. The van der Waals surface area contributed by atoms with Crippen LogP contribution in [0.15, 0.2) is 5.03 Å². The van der Waals surface area contributed by atoms with Crippen molar-refractivity contribution < 1.29 is 0 Å². The minimum Gasteiger partial charge on any atom is -0.326 e. The highest BCUT2D eigenvalue weighted by Crippen LogP contribution is 2.36. The summed E-state index contributed by atoms with van der Waals surface area (Å²) in [6.45, 7) is 4.90. The fraction of sp³-hybridized carbons (Fsp3) is 0.714. The van der Waals surface area contributed by atoms with Crippen molar-refractivity contribution in [2.24, 2.45) is 5.73 Å². The van der Waals surface area contributed by atoms with E-state index in [0.717, 1.165) is 28.8 Å². The summed E-state index contributed by atoms with van der Waals surface area (Å²) in [6.07, 6.45) is 7.29. The van der Waals surface area contributed by atoms with Crippen LogP contribution in [-0.2, 0) is 19.4 Å². The highest BCUT2D eigenvalue weighted by Gasteiger charge is 2.20. The van der Waals surface area contributed by atoms with E-state index >= 15 is 0 Å². The molecular formula is C14H23N3S. The lowest BCUT2D eigenvalue weighted by Crippen LogP contribution is -2.11. The van der Waals surface area contributed by atoms with Gasteiger partial charge in [0.1, 0.15) is 5.03 Å². The van der Waals surface area contributed by atoms with Gasteiger partial charge in [-0.25, -0.2) is 0 Å². The third kappa shape index (κ3) is 2.86. The van der Waals surface area contributed by atoms with E-state index in [0.29, 0.717) is 6.54 Å². The van der Waals surface area contributed by atoms with E-state index in [4.69, 9.17) is 5.73 Å². The van der Waals surface area contributed by atoms with E-state index < -0.39 is 0 Å². The van der Waals surface area contributed by atoms with Gasteiger partial charge in [-0.2, -0.15) is 5.10 Å². The number of aryl methyl sites for hydroxylation is 1. The second-order valence-corrected chi connectivity index (χ2v) is 6.13. The van der Waals surface area contributed by atoms with E-state index in [1.54, 1.807) is 0 Å².